The third-order valence-electron chi connectivity index (χ3n) is 8.41. The van der Waals surface area contributed by atoms with Gasteiger partial charge in [0.15, 0.2) is 0 Å². The van der Waals surface area contributed by atoms with Crippen molar-refractivity contribution in [2.45, 2.75) is 205 Å². The minimum Gasteiger partial charge on any atom is -0.392 e. The summed E-state index contributed by atoms with van der Waals surface area (Å²) in [5, 5.41) is 12.3. The van der Waals surface area contributed by atoms with Crippen molar-refractivity contribution < 1.29 is 22.9 Å². The van der Waals surface area contributed by atoms with E-state index >= 15 is 0 Å². The zero-order valence-electron chi connectivity index (χ0n) is 27.2. The molecule has 6 nitrogen and oxygen atoms in total. The normalized spacial score (nSPS) is 13.4. The first kappa shape index (κ1) is 40.3. The van der Waals surface area contributed by atoms with Crippen LogP contribution in [0.4, 0.5) is 0 Å². The van der Waals surface area contributed by atoms with Crippen LogP contribution in [0.3, 0.4) is 0 Å². The Morgan fingerprint density at radius 1 is 0.561 bits per heavy atom. The monoisotopic (exact) mass is 603 g/mol. The lowest BCUT2D eigenvalue weighted by Crippen LogP contribution is -2.33. The first-order valence-corrected chi connectivity index (χ1v) is 19.2. The van der Waals surface area contributed by atoms with Gasteiger partial charge in [0.2, 0.25) is 5.91 Å². The molecule has 0 aliphatic carbocycles. The molecule has 0 spiro atoms. The third-order valence-corrected chi connectivity index (χ3v) is 9.73. The zero-order chi connectivity index (χ0) is 30.4. The summed E-state index contributed by atoms with van der Waals surface area (Å²) < 4.78 is 33.2. The summed E-state index contributed by atoms with van der Waals surface area (Å²) in [6, 6.07) is 0. The lowest BCUT2D eigenvalue weighted by atomic mass is 10.0. The molecule has 2 unspecified atom stereocenters. The van der Waals surface area contributed by atoms with Gasteiger partial charge in [0.05, 0.1) is 6.10 Å². The van der Waals surface area contributed by atoms with E-state index in [1.54, 1.807) is 0 Å². The van der Waals surface area contributed by atoms with Gasteiger partial charge in [-0.25, -0.2) is 0 Å². The maximum atomic E-state index is 12.1. The minimum absolute atomic E-state index is 0.129. The van der Waals surface area contributed by atoms with Crippen LogP contribution in [0.1, 0.15) is 194 Å². The molecule has 0 aliphatic rings. The predicted octanol–water partition coefficient (Wildman–Crippen LogP) is 9.68. The van der Waals surface area contributed by atoms with Gasteiger partial charge in [0.1, 0.15) is 5.25 Å². The highest BCUT2D eigenvalue weighted by Gasteiger charge is 2.29. The Labute approximate surface area is 255 Å². The van der Waals surface area contributed by atoms with E-state index in [-0.39, 0.29) is 12.3 Å². The summed E-state index contributed by atoms with van der Waals surface area (Å²) in [6.07, 6.45) is 29.6. The predicted molar refractivity (Wildman–Crippen MR) is 175 cm³/mol. The molecule has 246 valence electrons. The highest BCUT2D eigenvalue weighted by atomic mass is 32.2. The Bertz CT molecular complexity index is 670. The van der Waals surface area contributed by atoms with Gasteiger partial charge in [-0.05, 0) is 25.7 Å². The van der Waals surface area contributed by atoms with E-state index in [1.807, 2.05) is 0 Å². The summed E-state index contributed by atoms with van der Waals surface area (Å²) in [5.74, 6) is 0.129. The number of unbranched alkanes of at least 4 members (excludes halogenated alkanes) is 22. The minimum atomic E-state index is -4.25. The van der Waals surface area contributed by atoms with E-state index in [9.17, 15) is 22.9 Å². The molecule has 0 fully saturated rings. The largest absolute Gasteiger partial charge is 0.392 e. The Hall–Kier alpha value is -0.660. The number of rotatable bonds is 32. The average molecular weight is 604 g/mol. The fraction of sp³-hybridized carbons (Fsp3) is 0.971. The fourth-order valence-corrected chi connectivity index (χ4v) is 6.65. The molecule has 0 bridgehead atoms. The first-order chi connectivity index (χ1) is 19.8. The van der Waals surface area contributed by atoms with Gasteiger partial charge in [0, 0.05) is 13.0 Å². The summed E-state index contributed by atoms with van der Waals surface area (Å²) >= 11 is 0. The molecule has 0 rings (SSSR count). The van der Waals surface area contributed by atoms with Crippen molar-refractivity contribution in [1.82, 2.24) is 5.32 Å². The summed E-state index contributed by atoms with van der Waals surface area (Å²) in [7, 11) is -4.25. The van der Waals surface area contributed by atoms with Crippen molar-refractivity contribution in [2.24, 2.45) is 0 Å². The van der Waals surface area contributed by atoms with Crippen LogP contribution in [0, 0.1) is 0 Å². The van der Waals surface area contributed by atoms with Gasteiger partial charge >= 0.3 is 0 Å². The van der Waals surface area contributed by atoms with Crippen molar-refractivity contribution in [1.29, 1.82) is 0 Å². The molecule has 1 amide bonds. The summed E-state index contributed by atoms with van der Waals surface area (Å²) in [4.78, 5) is 12.1. The molecule has 3 N–H and O–H groups in total. The second-order valence-corrected chi connectivity index (χ2v) is 14.1. The van der Waals surface area contributed by atoms with Crippen LogP contribution < -0.4 is 5.32 Å². The number of aliphatic hydroxyl groups excluding tert-OH is 1. The van der Waals surface area contributed by atoms with Crippen molar-refractivity contribution in [2.75, 3.05) is 6.54 Å². The van der Waals surface area contributed by atoms with E-state index in [0.29, 0.717) is 19.3 Å². The van der Waals surface area contributed by atoms with Gasteiger partial charge in [-0.15, -0.1) is 0 Å². The molecular weight excluding hydrogens is 534 g/mol. The number of carbonyl (C=O) groups excluding carboxylic acids is 1. The van der Waals surface area contributed by atoms with Crippen LogP contribution in [-0.4, -0.2) is 41.9 Å². The second-order valence-electron chi connectivity index (χ2n) is 12.4. The first-order valence-electron chi connectivity index (χ1n) is 17.7. The standard InChI is InChI=1S/C34H69NO5S/c1-3-5-7-9-11-12-13-14-15-16-17-18-23-27-31-35-34(37)30-26-22-19-21-25-29-33(41(38,39)40)32(36)28-24-20-10-8-6-4-2/h32-33,36H,3-31H2,1-2H3,(H,35,37)(H,38,39,40). The number of hydrogen-bond acceptors (Lipinski definition) is 4. The molecule has 0 aromatic rings. The van der Waals surface area contributed by atoms with E-state index in [1.165, 1.54) is 103 Å². The quantitative estimate of drug-likeness (QED) is 0.0524. The van der Waals surface area contributed by atoms with E-state index in [4.69, 9.17) is 0 Å². The Kier molecular flexibility index (Phi) is 28.9. The van der Waals surface area contributed by atoms with Crippen LogP contribution in [0.5, 0.6) is 0 Å². The van der Waals surface area contributed by atoms with Crippen LogP contribution in [-0.2, 0) is 14.9 Å². The molecule has 0 aromatic carbocycles. The van der Waals surface area contributed by atoms with Crippen LogP contribution in [0.25, 0.3) is 0 Å². The lowest BCUT2D eigenvalue weighted by molar-refractivity contribution is -0.121. The maximum Gasteiger partial charge on any atom is 0.270 e. The van der Waals surface area contributed by atoms with Gasteiger partial charge in [-0.3, -0.25) is 9.35 Å². The highest BCUT2D eigenvalue weighted by molar-refractivity contribution is 7.86. The number of aliphatic hydroxyl groups is 1. The van der Waals surface area contributed by atoms with Crippen LogP contribution in [0.15, 0.2) is 0 Å². The molecule has 0 saturated carbocycles. The van der Waals surface area contributed by atoms with Gasteiger partial charge in [-0.1, -0.05) is 162 Å². The topological polar surface area (TPSA) is 104 Å². The van der Waals surface area contributed by atoms with Crippen molar-refractivity contribution in [3.8, 4) is 0 Å². The maximum absolute atomic E-state index is 12.1. The zero-order valence-corrected chi connectivity index (χ0v) is 28.0. The Balaban J connectivity index is 3.62. The molecule has 0 radical (unpaired) electrons. The molecule has 0 saturated heterocycles. The summed E-state index contributed by atoms with van der Waals surface area (Å²) in [6.45, 7) is 5.21. The molecule has 0 heterocycles. The molecule has 0 aliphatic heterocycles. The number of nitrogens with one attached hydrogen (secondary N) is 1. The van der Waals surface area contributed by atoms with Crippen LogP contribution in [0.2, 0.25) is 0 Å². The van der Waals surface area contributed by atoms with Crippen LogP contribution >= 0.6 is 0 Å². The van der Waals surface area contributed by atoms with E-state index < -0.39 is 21.5 Å². The molecule has 2 atom stereocenters. The van der Waals surface area contributed by atoms with E-state index in [0.717, 1.165) is 57.9 Å². The second kappa shape index (κ2) is 29.4. The SMILES string of the molecule is CCCCCCCCCCCCCCCCNC(=O)CCCCCCCC(C(O)CCCCCCCC)S(=O)(=O)O. The van der Waals surface area contributed by atoms with Gasteiger partial charge in [0.25, 0.3) is 10.1 Å². The van der Waals surface area contributed by atoms with Crippen molar-refractivity contribution in [3.05, 3.63) is 0 Å². The number of amides is 1. The van der Waals surface area contributed by atoms with Gasteiger partial charge in [-0.2, -0.15) is 8.42 Å². The molecule has 41 heavy (non-hydrogen) atoms. The third kappa shape index (κ3) is 27.9. The number of hydrogen-bond donors (Lipinski definition) is 3. The molecular formula is C34H69NO5S. The van der Waals surface area contributed by atoms with Gasteiger partial charge < -0.3 is 10.4 Å². The summed E-state index contributed by atoms with van der Waals surface area (Å²) in [5.41, 5.74) is 0. The van der Waals surface area contributed by atoms with Crippen molar-refractivity contribution in [3.63, 3.8) is 0 Å². The smallest absolute Gasteiger partial charge is 0.270 e. The average Bonchev–Trinajstić information content (AvgIpc) is 2.93. The van der Waals surface area contributed by atoms with E-state index in [2.05, 4.69) is 19.2 Å². The fourth-order valence-electron chi connectivity index (χ4n) is 5.66. The molecule has 7 heteroatoms. The number of carbonyl (C=O) groups is 1. The lowest BCUT2D eigenvalue weighted by Gasteiger charge is -2.20. The Morgan fingerprint density at radius 3 is 1.37 bits per heavy atom. The Morgan fingerprint density at radius 2 is 0.927 bits per heavy atom. The van der Waals surface area contributed by atoms with Crippen molar-refractivity contribution >= 4 is 16.0 Å². The highest BCUT2D eigenvalue weighted by Crippen LogP contribution is 2.20. The molecule has 0 aromatic heterocycles.